The molecule has 0 fully saturated rings. The maximum atomic E-state index is 11.8. The van der Waals surface area contributed by atoms with Crippen molar-refractivity contribution in [3.05, 3.63) is 48.0 Å². The highest BCUT2D eigenvalue weighted by Crippen LogP contribution is 2.23. The summed E-state index contributed by atoms with van der Waals surface area (Å²) in [7, 11) is 0. The number of esters is 1. The molecule has 0 spiro atoms. The third-order valence-electron chi connectivity index (χ3n) is 3.19. The summed E-state index contributed by atoms with van der Waals surface area (Å²) in [6.07, 6.45) is 0.226. The fourth-order valence-corrected chi connectivity index (χ4v) is 2.09. The van der Waals surface area contributed by atoms with Gasteiger partial charge in [-0.1, -0.05) is 37.3 Å². The van der Waals surface area contributed by atoms with Crippen molar-refractivity contribution in [3.63, 3.8) is 0 Å². The molecule has 0 aliphatic rings. The average Bonchev–Trinajstić information content (AvgIpc) is 2.78. The number of ether oxygens (including phenoxy) is 1. The summed E-state index contributed by atoms with van der Waals surface area (Å²) < 4.78 is 6.56. The summed E-state index contributed by atoms with van der Waals surface area (Å²) in [4.78, 5) is 11.8. The van der Waals surface area contributed by atoms with Crippen LogP contribution in [0.25, 0.3) is 0 Å². The molecule has 5 nitrogen and oxygen atoms in total. The van der Waals surface area contributed by atoms with Crippen LogP contribution in [0.1, 0.15) is 18.9 Å². The average molecular weight is 289 g/mol. The summed E-state index contributed by atoms with van der Waals surface area (Å²) in [5, 5.41) is 19.1. The molecule has 2 aromatic rings. The molecular weight excluding hydrogens is 270 g/mol. The zero-order valence-corrected chi connectivity index (χ0v) is 11.9. The van der Waals surface area contributed by atoms with Gasteiger partial charge in [-0.25, -0.2) is 0 Å². The fraction of sp³-hybridized carbons (Fsp3) is 0.312. The van der Waals surface area contributed by atoms with E-state index in [4.69, 9.17) is 4.74 Å². The van der Waals surface area contributed by atoms with Gasteiger partial charge in [0.05, 0.1) is 0 Å². The summed E-state index contributed by atoms with van der Waals surface area (Å²) >= 11 is 0. The van der Waals surface area contributed by atoms with Crippen molar-refractivity contribution in [2.75, 3.05) is 0 Å². The van der Waals surface area contributed by atoms with Gasteiger partial charge in [0.2, 0.25) is 0 Å². The molecule has 2 rings (SSSR count). The van der Waals surface area contributed by atoms with Gasteiger partial charge in [0, 0.05) is 25.1 Å². The Hall–Kier alpha value is -2.43. The Balaban J connectivity index is 1.80. The standard InChI is InChI=1S/C16H19NO4/c1-12(10-17-14(18)7-8-15(17)19)9-16(20)21-11-13-5-3-2-4-6-13/h2-8,12,18-19H,9-11H2,1H3. The van der Waals surface area contributed by atoms with Crippen LogP contribution in [-0.2, 0) is 22.7 Å². The van der Waals surface area contributed by atoms with E-state index in [-0.39, 0.29) is 36.7 Å². The minimum absolute atomic E-state index is 0.0167. The molecule has 0 aliphatic carbocycles. The molecule has 0 bridgehead atoms. The summed E-state index contributed by atoms with van der Waals surface area (Å²) in [6.45, 7) is 2.47. The maximum Gasteiger partial charge on any atom is 0.306 e. The number of aromatic hydroxyl groups is 2. The molecule has 2 N–H and O–H groups in total. The second kappa shape index (κ2) is 6.83. The lowest BCUT2D eigenvalue weighted by Gasteiger charge is -2.13. The van der Waals surface area contributed by atoms with E-state index < -0.39 is 0 Å². The third kappa shape index (κ3) is 4.27. The van der Waals surface area contributed by atoms with Gasteiger partial charge in [-0.3, -0.25) is 9.36 Å². The SMILES string of the molecule is CC(CC(=O)OCc1ccccc1)Cn1c(O)ccc1O. The Morgan fingerprint density at radius 3 is 2.38 bits per heavy atom. The molecule has 0 aliphatic heterocycles. The Labute approximate surface area is 123 Å². The monoisotopic (exact) mass is 289 g/mol. The van der Waals surface area contributed by atoms with Crippen LogP contribution in [-0.4, -0.2) is 20.7 Å². The van der Waals surface area contributed by atoms with Crippen LogP contribution in [0.15, 0.2) is 42.5 Å². The van der Waals surface area contributed by atoms with Crippen molar-refractivity contribution in [3.8, 4) is 11.8 Å². The van der Waals surface area contributed by atoms with Crippen molar-refractivity contribution >= 4 is 5.97 Å². The minimum atomic E-state index is -0.294. The number of hydrogen-bond acceptors (Lipinski definition) is 4. The van der Waals surface area contributed by atoms with Gasteiger partial charge >= 0.3 is 5.97 Å². The number of carbonyl (C=O) groups excluding carboxylic acids is 1. The Morgan fingerprint density at radius 2 is 1.76 bits per heavy atom. The predicted molar refractivity (Wildman–Crippen MR) is 77.8 cm³/mol. The van der Waals surface area contributed by atoms with Crippen molar-refractivity contribution < 1.29 is 19.7 Å². The highest BCUT2D eigenvalue weighted by Gasteiger charge is 2.14. The molecule has 1 aromatic carbocycles. The first-order valence-corrected chi connectivity index (χ1v) is 6.83. The van der Waals surface area contributed by atoms with Crippen molar-refractivity contribution in [1.82, 2.24) is 4.57 Å². The topological polar surface area (TPSA) is 71.7 Å². The van der Waals surface area contributed by atoms with Crippen LogP contribution in [0, 0.1) is 5.92 Å². The molecule has 1 unspecified atom stereocenters. The molecule has 0 saturated carbocycles. The molecule has 5 heteroatoms. The molecule has 1 aromatic heterocycles. The molecule has 1 heterocycles. The smallest absolute Gasteiger partial charge is 0.306 e. The van der Waals surface area contributed by atoms with E-state index in [1.807, 2.05) is 37.3 Å². The number of hydrogen-bond donors (Lipinski definition) is 2. The second-order valence-corrected chi connectivity index (χ2v) is 5.12. The van der Waals surface area contributed by atoms with Crippen LogP contribution in [0.5, 0.6) is 11.8 Å². The Bertz CT molecular complexity index is 572. The molecular formula is C16H19NO4. The van der Waals surface area contributed by atoms with Crippen LogP contribution in [0.3, 0.4) is 0 Å². The molecule has 0 amide bonds. The highest BCUT2D eigenvalue weighted by atomic mass is 16.5. The van der Waals surface area contributed by atoms with Gasteiger partial charge in [-0.2, -0.15) is 0 Å². The van der Waals surface area contributed by atoms with Gasteiger partial charge in [0.15, 0.2) is 11.8 Å². The van der Waals surface area contributed by atoms with Gasteiger partial charge < -0.3 is 14.9 Å². The molecule has 0 radical (unpaired) electrons. The maximum absolute atomic E-state index is 11.8. The van der Waals surface area contributed by atoms with Crippen molar-refractivity contribution in [2.24, 2.45) is 5.92 Å². The lowest BCUT2D eigenvalue weighted by Crippen LogP contribution is -2.14. The van der Waals surface area contributed by atoms with E-state index in [9.17, 15) is 15.0 Å². The summed E-state index contributed by atoms with van der Waals surface area (Å²) in [6, 6.07) is 12.3. The number of benzene rings is 1. The first-order chi connectivity index (χ1) is 10.1. The lowest BCUT2D eigenvalue weighted by molar-refractivity contribution is -0.146. The Morgan fingerprint density at radius 1 is 1.14 bits per heavy atom. The van der Waals surface area contributed by atoms with E-state index in [1.54, 1.807) is 0 Å². The van der Waals surface area contributed by atoms with E-state index >= 15 is 0 Å². The number of nitrogens with zero attached hydrogens (tertiary/aromatic N) is 1. The summed E-state index contributed by atoms with van der Waals surface area (Å²) in [5.41, 5.74) is 0.944. The number of rotatable bonds is 6. The molecule has 112 valence electrons. The first kappa shape index (κ1) is 15.0. The second-order valence-electron chi connectivity index (χ2n) is 5.12. The first-order valence-electron chi connectivity index (χ1n) is 6.83. The minimum Gasteiger partial charge on any atom is -0.494 e. The van der Waals surface area contributed by atoms with Gasteiger partial charge in [0.1, 0.15) is 6.61 Å². The van der Waals surface area contributed by atoms with Crippen molar-refractivity contribution in [1.29, 1.82) is 0 Å². The Kier molecular flexibility index (Phi) is 4.87. The quantitative estimate of drug-likeness (QED) is 0.802. The van der Waals surface area contributed by atoms with Crippen LogP contribution in [0.2, 0.25) is 0 Å². The third-order valence-corrected chi connectivity index (χ3v) is 3.19. The number of aromatic nitrogens is 1. The largest absolute Gasteiger partial charge is 0.494 e. The molecule has 0 saturated heterocycles. The fourth-order valence-electron chi connectivity index (χ4n) is 2.09. The van der Waals surface area contributed by atoms with Crippen LogP contribution in [0.4, 0.5) is 0 Å². The predicted octanol–water partition coefficient (Wildman–Crippen LogP) is 2.67. The van der Waals surface area contributed by atoms with E-state index in [0.29, 0.717) is 6.54 Å². The zero-order chi connectivity index (χ0) is 15.2. The zero-order valence-electron chi connectivity index (χ0n) is 11.9. The highest BCUT2D eigenvalue weighted by molar-refractivity contribution is 5.69. The van der Waals surface area contributed by atoms with Gasteiger partial charge in [-0.15, -0.1) is 0 Å². The number of carbonyl (C=O) groups is 1. The van der Waals surface area contributed by atoms with Gasteiger partial charge in [0.25, 0.3) is 0 Å². The lowest BCUT2D eigenvalue weighted by atomic mass is 10.1. The normalized spacial score (nSPS) is 12.0. The van der Waals surface area contributed by atoms with Gasteiger partial charge in [-0.05, 0) is 11.5 Å². The van der Waals surface area contributed by atoms with Crippen LogP contribution >= 0.6 is 0 Å². The molecule has 1 atom stereocenters. The molecule has 21 heavy (non-hydrogen) atoms. The van der Waals surface area contributed by atoms with E-state index in [1.165, 1.54) is 16.7 Å². The van der Waals surface area contributed by atoms with E-state index in [0.717, 1.165) is 5.56 Å². The van der Waals surface area contributed by atoms with Crippen LogP contribution < -0.4 is 0 Å². The van der Waals surface area contributed by atoms with E-state index in [2.05, 4.69) is 0 Å². The van der Waals surface area contributed by atoms with Crippen molar-refractivity contribution in [2.45, 2.75) is 26.5 Å². The summed E-state index contributed by atoms with van der Waals surface area (Å²) in [5.74, 6) is -0.385.